The molecule has 0 aromatic heterocycles. The van der Waals surface area contributed by atoms with Crippen molar-refractivity contribution in [3.63, 3.8) is 0 Å². The minimum Gasteiger partial charge on any atom is -0.493 e. The molecular formula is C25H26F3NO3. The number of ether oxygens (including phenoxy) is 2. The van der Waals surface area contributed by atoms with Crippen molar-refractivity contribution >= 4 is 12.0 Å². The standard InChI is InChI=1S/C25H26F3NO3/c1-31-22-10-9-17(14-23(22)32-21-7-2-3-8-21)19-13-18(24(30)29-15-19)11-16-5-4-6-20(12-16)25(26,27)28/h4-6,9-12,14,19,21H,2-3,7-8,13,15H2,1H3,(H,29,30)/b18-11+/t19-/m1/s1. The molecule has 32 heavy (non-hydrogen) atoms. The van der Waals surface area contributed by atoms with Gasteiger partial charge >= 0.3 is 6.18 Å². The van der Waals surface area contributed by atoms with Gasteiger partial charge in [0.05, 0.1) is 18.8 Å². The summed E-state index contributed by atoms with van der Waals surface area (Å²) in [5.41, 5.74) is 1.07. The molecule has 1 amide bonds. The van der Waals surface area contributed by atoms with Gasteiger partial charge < -0.3 is 14.8 Å². The summed E-state index contributed by atoms with van der Waals surface area (Å²) in [6.07, 6.45) is 2.09. The molecule has 1 aliphatic heterocycles. The predicted octanol–water partition coefficient (Wildman–Crippen LogP) is 5.72. The normalized spacial score (nSPS) is 20.9. The molecule has 4 nitrogen and oxygen atoms in total. The molecule has 0 radical (unpaired) electrons. The molecule has 1 N–H and O–H groups in total. The third-order valence-corrected chi connectivity index (χ3v) is 6.08. The Hall–Kier alpha value is -2.96. The van der Waals surface area contributed by atoms with Crippen molar-refractivity contribution in [1.29, 1.82) is 0 Å². The zero-order valence-corrected chi connectivity index (χ0v) is 17.9. The number of hydrogen-bond donors (Lipinski definition) is 1. The van der Waals surface area contributed by atoms with Crippen molar-refractivity contribution < 1.29 is 27.4 Å². The van der Waals surface area contributed by atoms with Crippen LogP contribution in [-0.4, -0.2) is 25.7 Å². The zero-order valence-electron chi connectivity index (χ0n) is 17.9. The van der Waals surface area contributed by atoms with E-state index >= 15 is 0 Å². The molecule has 4 rings (SSSR count). The molecule has 0 bridgehead atoms. The molecule has 0 unspecified atom stereocenters. The third kappa shape index (κ3) is 5.09. The number of piperidine rings is 1. The Labute approximate surface area is 185 Å². The van der Waals surface area contributed by atoms with Gasteiger partial charge in [-0.2, -0.15) is 13.2 Å². The van der Waals surface area contributed by atoms with Gasteiger partial charge in [0.2, 0.25) is 5.91 Å². The number of amides is 1. The first-order valence-corrected chi connectivity index (χ1v) is 10.8. The summed E-state index contributed by atoms with van der Waals surface area (Å²) in [6.45, 7) is 0.452. The summed E-state index contributed by atoms with van der Waals surface area (Å²) in [5.74, 6) is 1.09. The monoisotopic (exact) mass is 445 g/mol. The van der Waals surface area contributed by atoms with Crippen molar-refractivity contribution in [2.45, 2.75) is 50.3 Å². The van der Waals surface area contributed by atoms with Gasteiger partial charge in [-0.3, -0.25) is 4.79 Å². The molecule has 1 aliphatic carbocycles. The molecular weight excluding hydrogens is 419 g/mol. The fraction of sp³-hybridized carbons (Fsp3) is 0.400. The number of hydrogen-bond acceptors (Lipinski definition) is 3. The average molecular weight is 445 g/mol. The molecule has 1 atom stereocenters. The second-order valence-corrected chi connectivity index (χ2v) is 8.34. The van der Waals surface area contributed by atoms with Gasteiger partial charge in [-0.15, -0.1) is 0 Å². The SMILES string of the molecule is COc1ccc([C@H]2CNC(=O)/C(=C/c3cccc(C(F)(F)F)c3)C2)cc1OC1CCCC1. The van der Waals surface area contributed by atoms with Crippen LogP contribution in [0.15, 0.2) is 48.0 Å². The summed E-state index contributed by atoms with van der Waals surface area (Å²) in [7, 11) is 1.60. The summed E-state index contributed by atoms with van der Waals surface area (Å²) in [4.78, 5) is 12.4. The second-order valence-electron chi connectivity index (χ2n) is 8.34. The van der Waals surface area contributed by atoms with Crippen molar-refractivity contribution in [1.82, 2.24) is 5.32 Å². The first kappa shape index (κ1) is 22.2. The molecule has 1 saturated carbocycles. The molecule has 1 saturated heterocycles. The van der Waals surface area contributed by atoms with Gasteiger partial charge in [-0.05, 0) is 73.6 Å². The van der Waals surface area contributed by atoms with Crippen molar-refractivity contribution in [2.75, 3.05) is 13.7 Å². The van der Waals surface area contributed by atoms with Crippen LogP contribution in [-0.2, 0) is 11.0 Å². The summed E-state index contributed by atoms with van der Waals surface area (Å²) < 4.78 is 50.7. The van der Waals surface area contributed by atoms with E-state index in [1.165, 1.54) is 12.1 Å². The lowest BCUT2D eigenvalue weighted by Crippen LogP contribution is -2.35. The third-order valence-electron chi connectivity index (χ3n) is 6.08. The van der Waals surface area contributed by atoms with Crippen molar-refractivity contribution in [3.05, 3.63) is 64.7 Å². The van der Waals surface area contributed by atoms with Crippen LogP contribution < -0.4 is 14.8 Å². The lowest BCUT2D eigenvalue weighted by molar-refractivity contribution is -0.137. The molecule has 2 aliphatic rings. The molecule has 2 aromatic carbocycles. The van der Waals surface area contributed by atoms with Crippen LogP contribution in [0.1, 0.15) is 54.7 Å². The van der Waals surface area contributed by atoms with E-state index in [2.05, 4.69) is 5.32 Å². The molecule has 7 heteroatoms. The van der Waals surface area contributed by atoms with E-state index < -0.39 is 11.7 Å². The van der Waals surface area contributed by atoms with E-state index in [1.54, 1.807) is 13.2 Å². The van der Waals surface area contributed by atoms with Gasteiger partial charge in [0.15, 0.2) is 11.5 Å². The lowest BCUT2D eigenvalue weighted by atomic mass is 9.87. The fourth-order valence-electron chi connectivity index (χ4n) is 4.35. The lowest BCUT2D eigenvalue weighted by Gasteiger charge is -2.26. The Bertz CT molecular complexity index is 1010. The highest BCUT2D eigenvalue weighted by atomic mass is 19.4. The Balaban J connectivity index is 1.57. The predicted molar refractivity (Wildman–Crippen MR) is 116 cm³/mol. The van der Waals surface area contributed by atoms with E-state index in [1.807, 2.05) is 18.2 Å². The average Bonchev–Trinajstić information content (AvgIpc) is 3.28. The minimum atomic E-state index is -4.43. The molecule has 0 spiro atoms. The number of alkyl halides is 3. The molecule has 2 fully saturated rings. The van der Waals surface area contributed by atoms with E-state index in [0.717, 1.165) is 43.4 Å². The number of methoxy groups -OCH3 is 1. The van der Waals surface area contributed by atoms with E-state index in [0.29, 0.717) is 35.6 Å². The van der Waals surface area contributed by atoms with Crippen LogP contribution in [0, 0.1) is 0 Å². The topological polar surface area (TPSA) is 47.6 Å². The van der Waals surface area contributed by atoms with Crippen molar-refractivity contribution in [2.24, 2.45) is 0 Å². The van der Waals surface area contributed by atoms with Crippen LogP contribution in [0.5, 0.6) is 11.5 Å². The quantitative estimate of drug-likeness (QED) is 0.599. The van der Waals surface area contributed by atoms with Crippen LogP contribution in [0.25, 0.3) is 6.08 Å². The largest absolute Gasteiger partial charge is 0.493 e. The van der Waals surface area contributed by atoms with Crippen LogP contribution >= 0.6 is 0 Å². The van der Waals surface area contributed by atoms with Crippen LogP contribution in [0.2, 0.25) is 0 Å². The van der Waals surface area contributed by atoms with Crippen molar-refractivity contribution in [3.8, 4) is 11.5 Å². The molecule has 2 aromatic rings. The number of benzene rings is 2. The smallest absolute Gasteiger partial charge is 0.416 e. The van der Waals surface area contributed by atoms with Gasteiger partial charge in [0, 0.05) is 18.0 Å². The van der Waals surface area contributed by atoms with E-state index in [9.17, 15) is 18.0 Å². The maximum absolute atomic E-state index is 13.0. The van der Waals surface area contributed by atoms with Gasteiger partial charge in [-0.25, -0.2) is 0 Å². The maximum atomic E-state index is 13.0. The van der Waals surface area contributed by atoms with Gasteiger partial charge in [0.1, 0.15) is 0 Å². The van der Waals surface area contributed by atoms with E-state index in [-0.39, 0.29) is 17.9 Å². The zero-order chi connectivity index (χ0) is 22.7. The highest BCUT2D eigenvalue weighted by molar-refractivity contribution is 5.98. The number of rotatable bonds is 5. The number of halogens is 3. The Kier molecular flexibility index (Phi) is 6.44. The summed E-state index contributed by atoms with van der Waals surface area (Å²) in [5, 5.41) is 2.87. The van der Waals surface area contributed by atoms with Crippen LogP contribution in [0.3, 0.4) is 0 Å². The maximum Gasteiger partial charge on any atom is 0.416 e. The Morgan fingerprint density at radius 1 is 1.06 bits per heavy atom. The minimum absolute atomic E-state index is 0.0124. The number of carbonyl (C=O) groups is 1. The van der Waals surface area contributed by atoms with Gasteiger partial charge in [0.25, 0.3) is 0 Å². The first-order chi connectivity index (χ1) is 15.3. The van der Waals surface area contributed by atoms with Crippen LogP contribution in [0.4, 0.5) is 13.2 Å². The Morgan fingerprint density at radius 3 is 2.56 bits per heavy atom. The number of carbonyl (C=O) groups excluding carboxylic acids is 1. The van der Waals surface area contributed by atoms with E-state index in [4.69, 9.17) is 9.47 Å². The van der Waals surface area contributed by atoms with Gasteiger partial charge in [-0.1, -0.05) is 18.2 Å². The molecule has 170 valence electrons. The number of nitrogens with one attached hydrogen (secondary N) is 1. The fourth-order valence-corrected chi connectivity index (χ4v) is 4.35. The second kappa shape index (κ2) is 9.27. The highest BCUT2D eigenvalue weighted by Crippen LogP contribution is 2.37. The highest BCUT2D eigenvalue weighted by Gasteiger charge is 2.31. The summed E-state index contributed by atoms with van der Waals surface area (Å²) >= 11 is 0. The first-order valence-electron chi connectivity index (χ1n) is 10.8. The summed E-state index contributed by atoms with van der Waals surface area (Å²) in [6, 6.07) is 10.8. The Morgan fingerprint density at radius 2 is 1.84 bits per heavy atom. The molecule has 1 heterocycles.